The highest BCUT2D eigenvalue weighted by Gasteiger charge is 2.22. The van der Waals surface area contributed by atoms with Gasteiger partial charge in [0.15, 0.2) is 0 Å². The second-order valence-electron chi connectivity index (χ2n) is 2.18. The van der Waals surface area contributed by atoms with Gasteiger partial charge in [-0.2, -0.15) is 0 Å². The molecule has 0 atom stereocenters. The molecule has 3 heteroatoms. The van der Waals surface area contributed by atoms with Crippen LogP contribution in [0, 0.1) is 6.54 Å². The first-order valence-electron chi connectivity index (χ1n) is 3.18. The third kappa shape index (κ3) is 2.35. The molecule has 0 saturated heterocycles. The summed E-state index contributed by atoms with van der Waals surface area (Å²) < 4.78 is 0. The van der Waals surface area contributed by atoms with Crippen LogP contribution in [-0.2, 0) is 0 Å². The minimum absolute atomic E-state index is 0.0833. The smallest absolute Gasteiger partial charge is 0.315 e. The van der Waals surface area contributed by atoms with Crippen LogP contribution in [0.2, 0.25) is 0 Å². The predicted molar refractivity (Wildman–Crippen MR) is 34.7 cm³/mol. The van der Waals surface area contributed by atoms with E-state index in [0.717, 1.165) is 12.8 Å². The van der Waals surface area contributed by atoms with Crippen LogP contribution in [0.1, 0.15) is 19.8 Å². The summed E-state index contributed by atoms with van der Waals surface area (Å²) in [6.07, 6.45) is 2.27. The molecule has 1 aliphatic rings. The molecule has 1 fully saturated rings. The van der Waals surface area contributed by atoms with E-state index in [2.05, 4.69) is 10.6 Å². The van der Waals surface area contributed by atoms with E-state index in [1.165, 1.54) is 0 Å². The van der Waals surface area contributed by atoms with Gasteiger partial charge in [0.1, 0.15) is 0 Å². The number of hydrogen-bond donors (Lipinski definition) is 2. The molecule has 9 heavy (non-hydrogen) atoms. The van der Waals surface area contributed by atoms with E-state index < -0.39 is 0 Å². The van der Waals surface area contributed by atoms with Gasteiger partial charge in [-0.1, -0.05) is 0 Å². The summed E-state index contributed by atoms with van der Waals surface area (Å²) in [5, 5.41) is 5.32. The Hall–Kier alpha value is -0.730. The van der Waals surface area contributed by atoms with Gasteiger partial charge in [0.2, 0.25) is 0 Å². The highest BCUT2D eigenvalue weighted by Crippen LogP contribution is 2.18. The predicted octanol–water partition coefficient (Wildman–Crippen LogP) is 0.630. The van der Waals surface area contributed by atoms with Crippen LogP contribution in [0.3, 0.4) is 0 Å². The maximum absolute atomic E-state index is 10.6. The van der Waals surface area contributed by atoms with Crippen LogP contribution in [-0.4, -0.2) is 12.1 Å². The summed E-state index contributed by atoms with van der Waals surface area (Å²) in [6.45, 7) is 3.41. The topological polar surface area (TPSA) is 41.1 Å². The molecule has 1 radical (unpaired) electrons. The molecule has 3 nitrogen and oxygen atoms in total. The Labute approximate surface area is 54.8 Å². The fourth-order valence-corrected chi connectivity index (χ4v) is 0.586. The molecule has 0 bridgehead atoms. The molecular weight excluding hydrogens is 116 g/mol. The second kappa shape index (κ2) is 2.71. The summed E-state index contributed by atoms with van der Waals surface area (Å²) in [7, 11) is 0. The summed E-state index contributed by atoms with van der Waals surface area (Å²) in [6, 6.07) is 0.366. The van der Waals surface area contributed by atoms with E-state index in [-0.39, 0.29) is 6.03 Å². The van der Waals surface area contributed by atoms with Gasteiger partial charge in [-0.25, -0.2) is 4.79 Å². The minimum atomic E-state index is -0.0833. The maximum Gasteiger partial charge on any atom is 0.315 e. The molecule has 1 aliphatic carbocycles. The van der Waals surface area contributed by atoms with Crippen molar-refractivity contribution in [3.63, 3.8) is 0 Å². The van der Waals surface area contributed by atoms with Crippen LogP contribution in [0.5, 0.6) is 0 Å². The fraction of sp³-hybridized carbons (Fsp3) is 0.667. The van der Waals surface area contributed by atoms with Crippen molar-refractivity contribution >= 4 is 6.03 Å². The minimum Gasteiger partial charge on any atom is -0.335 e. The summed E-state index contributed by atoms with van der Waals surface area (Å²) in [5.74, 6) is 0. The van der Waals surface area contributed by atoms with Gasteiger partial charge in [-0.05, 0) is 19.8 Å². The van der Waals surface area contributed by atoms with Crippen LogP contribution >= 0.6 is 0 Å². The number of hydrogen-bond acceptors (Lipinski definition) is 1. The second-order valence-corrected chi connectivity index (χ2v) is 2.18. The van der Waals surface area contributed by atoms with Crippen molar-refractivity contribution in [2.45, 2.75) is 25.8 Å². The van der Waals surface area contributed by atoms with Gasteiger partial charge < -0.3 is 10.6 Å². The Morgan fingerprint density at radius 2 is 2.33 bits per heavy atom. The van der Waals surface area contributed by atoms with E-state index in [0.29, 0.717) is 6.04 Å². The first kappa shape index (κ1) is 6.39. The van der Waals surface area contributed by atoms with Crippen molar-refractivity contribution in [3.8, 4) is 0 Å². The first-order chi connectivity index (χ1) is 4.33. The number of carbonyl (C=O) groups is 1. The lowest BCUT2D eigenvalue weighted by Gasteiger charge is -2.01. The molecule has 0 heterocycles. The lowest BCUT2D eigenvalue weighted by Crippen LogP contribution is -2.34. The average Bonchev–Trinajstić information content (AvgIpc) is 2.50. The van der Waals surface area contributed by atoms with Gasteiger partial charge in [-0.3, -0.25) is 0 Å². The van der Waals surface area contributed by atoms with Gasteiger partial charge in [0.05, 0.1) is 0 Å². The number of carbonyl (C=O) groups excluding carboxylic acids is 1. The van der Waals surface area contributed by atoms with E-state index in [1.54, 1.807) is 13.5 Å². The monoisotopic (exact) mass is 127 g/mol. The van der Waals surface area contributed by atoms with Crippen molar-refractivity contribution in [3.05, 3.63) is 6.54 Å². The average molecular weight is 127 g/mol. The molecule has 0 aliphatic heterocycles. The molecule has 0 aromatic heterocycles. The van der Waals surface area contributed by atoms with Crippen molar-refractivity contribution < 1.29 is 4.79 Å². The molecular formula is C6H11N2O. The Bertz CT molecular complexity index is 110. The molecule has 1 saturated carbocycles. The highest BCUT2D eigenvalue weighted by atomic mass is 16.2. The Balaban J connectivity index is 2.02. The molecule has 2 N–H and O–H groups in total. The number of urea groups is 1. The Morgan fingerprint density at radius 3 is 2.78 bits per heavy atom. The van der Waals surface area contributed by atoms with Crippen molar-refractivity contribution in [2.75, 3.05) is 0 Å². The number of amides is 2. The van der Waals surface area contributed by atoms with E-state index in [9.17, 15) is 4.79 Å². The van der Waals surface area contributed by atoms with Gasteiger partial charge >= 0.3 is 6.03 Å². The van der Waals surface area contributed by atoms with Crippen LogP contribution in [0.25, 0.3) is 0 Å². The first-order valence-corrected chi connectivity index (χ1v) is 3.18. The lowest BCUT2D eigenvalue weighted by molar-refractivity contribution is 0.242. The zero-order valence-corrected chi connectivity index (χ0v) is 5.48. The molecule has 0 spiro atoms. The van der Waals surface area contributed by atoms with Crippen molar-refractivity contribution in [1.82, 2.24) is 10.6 Å². The largest absolute Gasteiger partial charge is 0.335 e. The fourth-order valence-electron chi connectivity index (χ4n) is 0.586. The Morgan fingerprint density at radius 1 is 1.67 bits per heavy atom. The van der Waals surface area contributed by atoms with Crippen molar-refractivity contribution in [2.24, 2.45) is 0 Å². The van der Waals surface area contributed by atoms with Crippen LogP contribution in [0.4, 0.5) is 4.79 Å². The third-order valence-electron chi connectivity index (χ3n) is 1.19. The highest BCUT2D eigenvalue weighted by molar-refractivity contribution is 5.75. The quantitative estimate of drug-likeness (QED) is 0.561. The van der Waals surface area contributed by atoms with Gasteiger partial charge in [0, 0.05) is 12.6 Å². The summed E-state index contributed by atoms with van der Waals surface area (Å²) in [5.41, 5.74) is 0. The molecule has 0 aromatic carbocycles. The molecule has 0 unspecified atom stereocenters. The summed E-state index contributed by atoms with van der Waals surface area (Å²) in [4.78, 5) is 10.6. The molecule has 1 rings (SSSR count). The molecule has 51 valence electrons. The van der Waals surface area contributed by atoms with E-state index in [1.807, 2.05) is 0 Å². The zero-order chi connectivity index (χ0) is 6.69. The zero-order valence-electron chi connectivity index (χ0n) is 5.48. The summed E-state index contributed by atoms with van der Waals surface area (Å²) >= 11 is 0. The SMILES string of the molecule is C[CH]NC(=O)NC1CC1. The third-order valence-corrected chi connectivity index (χ3v) is 1.19. The number of nitrogens with one attached hydrogen (secondary N) is 2. The van der Waals surface area contributed by atoms with Gasteiger partial charge in [0.25, 0.3) is 0 Å². The molecule has 2 amide bonds. The Kier molecular flexibility index (Phi) is 1.92. The molecule has 0 aromatic rings. The standard InChI is InChI=1S/C6H11N2O/c1-2-7-6(9)8-5-3-4-5/h2,5H,3-4H2,1H3,(H2,7,8,9). The van der Waals surface area contributed by atoms with Gasteiger partial charge in [-0.15, -0.1) is 0 Å². The van der Waals surface area contributed by atoms with Crippen LogP contribution < -0.4 is 10.6 Å². The van der Waals surface area contributed by atoms with E-state index in [4.69, 9.17) is 0 Å². The lowest BCUT2D eigenvalue weighted by atomic mass is 10.6. The number of rotatable bonds is 2. The maximum atomic E-state index is 10.6. The van der Waals surface area contributed by atoms with Crippen LogP contribution in [0.15, 0.2) is 0 Å². The van der Waals surface area contributed by atoms with E-state index >= 15 is 0 Å². The van der Waals surface area contributed by atoms with Crippen molar-refractivity contribution in [1.29, 1.82) is 0 Å². The normalized spacial score (nSPS) is 17.0.